The van der Waals surface area contributed by atoms with Gasteiger partial charge in [0, 0.05) is 61.3 Å². The van der Waals surface area contributed by atoms with Gasteiger partial charge in [0.2, 0.25) is 11.3 Å². The van der Waals surface area contributed by atoms with Crippen molar-refractivity contribution in [1.29, 1.82) is 0 Å². The van der Waals surface area contributed by atoms with Crippen molar-refractivity contribution in [3.05, 3.63) is 117 Å². The summed E-state index contributed by atoms with van der Waals surface area (Å²) in [6.07, 6.45) is -4.78. The Labute approximate surface area is 389 Å². The van der Waals surface area contributed by atoms with E-state index in [1.165, 1.54) is 62.3 Å². The predicted octanol–water partition coefficient (Wildman–Crippen LogP) is 5.11. The number of amides is 3. The van der Waals surface area contributed by atoms with Gasteiger partial charge in [-0.3, -0.25) is 24.5 Å². The van der Waals surface area contributed by atoms with Crippen LogP contribution in [0.15, 0.2) is 77.9 Å². The SMILES string of the molecule is COc1cc2c(Oc3ccc(NC(=O)c4c(C)n(C)c5ccc(OC(F)(F)F)cc5c4=O)cc3F)ncnc2cc1OCC(=O)N1CC(C#Cc2ccc3c(c2)CN(C2CCC(O)NC2O)C3=O)C1. The molecule has 0 spiro atoms. The highest BCUT2D eigenvalue weighted by Gasteiger charge is 2.39. The highest BCUT2D eigenvalue weighted by Crippen LogP contribution is 2.37. The van der Waals surface area contributed by atoms with E-state index in [-0.39, 0.29) is 75.3 Å². The molecule has 356 valence electrons. The van der Waals surface area contributed by atoms with Crippen LogP contribution in [0.2, 0.25) is 0 Å². The zero-order valence-electron chi connectivity index (χ0n) is 36.9. The number of likely N-dealkylation sites (tertiary alicyclic amines) is 1. The summed E-state index contributed by atoms with van der Waals surface area (Å²) in [6.45, 7) is 2.26. The molecule has 3 unspecified atom stereocenters. The summed E-state index contributed by atoms with van der Waals surface area (Å²) >= 11 is 0. The van der Waals surface area contributed by atoms with Crippen LogP contribution >= 0.6 is 0 Å². The summed E-state index contributed by atoms with van der Waals surface area (Å²) in [5.74, 6) is 3.32. The maximum absolute atomic E-state index is 15.6. The van der Waals surface area contributed by atoms with Gasteiger partial charge in [-0.25, -0.2) is 14.4 Å². The van der Waals surface area contributed by atoms with Crippen molar-refractivity contribution in [2.45, 2.75) is 51.2 Å². The van der Waals surface area contributed by atoms with Crippen molar-refractivity contribution in [3.63, 3.8) is 0 Å². The molecule has 4 N–H and O–H groups in total. The predicted molar refractivity (Wildman–Crippen MR) is 238 cm³/mol. The molecule has 2 saturated heterocycles. The number of aliphatic hydroxyl groups is 2. The smallest absolute Gasteiger partial charge is 0.493 e. The highest BCUT2D eigenvalue weighted by molar-refractivity contribution is 6.07. The molecule has 3 amide bonds. The number of anilines is 1. The van der Waals surface area contributed by atoms with Gasteiger partial charge in [0.25, 0.3) is 17.7 Å². The van der Waals surface area contributed by atoms with Crippen molar-refractivity contribution in [2.24, 2.45) is 13.0 Å². The number of methoxy groups -OCH3 is 1. The summed E-state index contributed by atoms with van der Waals surface area (Å²) in [5, 5.41) is 25.4. The first-order valence-corrected chi connectivity index (χ1v) is 21.4. The van der Waals surface area contributed by atoms with Crippen molar-refractivity contribution < 1.29 is 61.1 Å². The maximum Gasteiger partial charge on any atom is 0.573 e. The molecule has 17 nitrogen and oxygen atoms in total. The second-order valence-electron chi connectivity index (χ2n) is 16.6. The molecule has 3 atom stereocenters. The van der Waals surface area contributed by atoms with E-state index >= 15 is 4.39 Å². The van der Waals surface area contributed by atoms with Crippen LogP contribution in [-0.4, -0.2) is 104 Å². The topological polar surface area (TPSA) is 207 Å². The Morgan fingerprint density at radius 1 is 0.957 bits per heavy atom. The van der Waals surface area contributed by atoms with Gasteiger partial charge in [-0.1, -0.05) is 11.8 Å². The van der Waals surface area contributed by atoms with E-state index in [4.69, 9.17) is 14.2 Å². The van der Waals surface area contributed by atoms with Crippen LogP contribution in [0.4, 0.5) is 23.2 Å². The number of aromatic nitrogens is 3. The minimum absolute atomic E-state index is 0.0609. The van der Waals surface area contributed by atoms with Crippen molar-refractivity contribution in [2.75, 3.05) is 32.1 Å². The molecule has 4 aromatic carbocycles. The fourth-order valence-electron chi connectivity index (χ4n) is 8.54. The van der Waals surface area contributed by atoms with Gasteiger partial charge < -0.3 is 48.8 Å². The maximum atomic E-state index is 15.6. The molecule has 9 rings (SSSR count). The molecule has 69 heavy (non-hydrogen) atoms. The van der Waals surface area contributed by atoms with Crippen LogP contribution in [0.5, 0.6) is 28.9 Å². The average molecular weight is 952 g/mol. The molecule has 0 bridgehead atoms. The molecular weight excluding hydrogens is 911 g/mol. The first-order valence-electron chi connectivity index (χ1n) is 21.4. The third-order valence-corrected chi connectivity index (χ3v) is 12.2. The highest BCUT2D eigenvalue weighted by atomic mass is 19.4. The third-order valence-electron chi connectivity index (χ3n) is 12.2. The summed E-state index contributed by atoms with van der Waals surface area (Å²) in [7, 11) is 2.92. The second kappa shape index (κ2) is 18.4. The number of hydrogen-bond donors (Lipinski definition) is 4. The number of aliphatic hydroxyl groups excluding tert-OH is 2. The minimum Gasteiger partial charge on any atom is -0.493 e. The summed E-state index contributed by atoms with van der Waals surface area (Å²) in [4.78, 5) is 64.7. The number of ether oxygens (including phenoxy) is 4. The number of rotatable bonds is 10. The van der Waals surface area contributed by atoms with E-state index in [9.17, 15) is 42.6 Å². The molecule has 3 aliphatic heterocycles. The number of nitrogens with zero attached hydrogens (tertiary/aromatic N) is 5. The summed E-state index contributed by atoms with van der Waals surface area (Å²) < 4.78 is 76.9. The van der Waals surface area contributed by atoms with Crippen LogP contribution in [0.3, 0.4) is 0 Å². The lowest BCUT2D eigenvalue weighted by Crippen LogP contribution is -2.56. The summed E-state index contributed by atoms with van der Waals surface area (Å²) in [5.41, 5.74) is 1.55. The first-order chi connectivity index (χ1) is 32.9. The Morgan fingerprint density at radius 3 is 2.49 bits per heavy atom. The number of piperidine rings is 1. The number of nitrogens with one attached hydrogen (secondary N) is 2. The molecule has 21 heteroatoms. The van der Waals surface area contributed by atoms with E-state index < -0.39 is 47.8 Å². The van der Waals surface area contributed by atoms with Crippen LogP contribution in [-0.2, 0) is 18.4 Å². The Kier molecular flexibility index (Phi) is 12.3. The van der Waals surface area contributed by atoms with Crippen LogP contribution in [0, 0.1) is 30.5 Å². The number of halogens is 4. The first kappa shape index (κ1) is 46.3. The fourth-order valence-corrected chi connectivity index (χ4v) is 8.54. The monoisotopic (exact) mass is 951 g/mol. The van der Waals surface area contributed by atoms with Gasteiger partial charge in [0.1, 0.15) is 30.1 Å². The van der Waals surface area contributed by atoms with Crippen LogP contribution in [0.1, 0.15) is 50.4 Å². The van der Waals surface area contributed by atoms with E-state index in [1.54, 1.807) is 21.9 Å². The molecule has 2 fully saturated rings. The van der Waals surface area contributed by atoms with E-state index in [1.807, 2.05) is 6.07 Å². The van der Waals surface area contributed by atoms with Gasteiger partial charge in [-0.2, -0.15) is 0 Å². The average Bonchev–Trinajstić information content (AvgIpc) is 3.61. The minimum atomic E-state index is -5.00. The lowest BCUT2D eigenvalue weighted by Gasteiger charge is -2.37. The fraction of sp³-hybridized carbons (Fsp3) is 0.292. The molecule has 0 aliphatic carbocycles. The number of aryl methyl sites for hydroxylation is 1. The van der Waals surface area contributed by atoms with Crippen molar-refractivity contribution in [1.82, 2.24) is 29.7 Å². The normalized spacial score (nSPS) is 18.0. The van der Waals surface area contributed by atoms with Crippen LogP contribution in [0.25, 0.3) is 21.8 Å². The van der Waals surface area contributed by atoms with E-state index in [0.29, 0.717) is 48.9 Å². The zero-order valence-corrected chi connectivity index (χ0v) is 36.9. The molecule has 6 aromatic rings. The number of carbonyl (C=O) groups excluding carboxylic acids is 3. The Morgan fingerprint density at radius 2 is 1.75 bits per heavy atom. The van der Waals surface area contributed by atoms with Gasteiger partial charge >= 0.3 is 6.36 Å². The molecule has 0 radical (unpaired) electrons. The number of hydrogen-bond acceptors (Lipinski definition) is 13. The van der Waals surface area contributed by atoms with Gasteiger partial charge in [0.05, 0.1) is 40.9 Å². The standard InChI is InChI=1S/C48H41F4N7O10/c1-24-42(43(62)32-16-29(69-48(50,51)52)8-10-35(32)57(24)2)45(64)55-28-7-12-37(33(49)15-28)68-46-31-17-38(66-3)39(18-34(31)53-23-54-46)67-22-41(61)58-19-26(20-58)5-4-25-6-9-30-27(14-25)21-59(47(30)65)36-11-13-40(60)56-44(36)63/h6-10,12,14-18,23,26,36,40,44,56,60,63H,11,13,19-22H2,1-3H3,(H,55,64). The van der Waals surface area contributed by atoms with Crippen molar-refractivity contribution in [3.8, 4) is 40.7 Å². The number of benzene rings is 4. The van der Waals surface area contributed by atoms with Gasteiger partial charge in [0.15, 0.2) is 29.7 Å². The number of fused-ring (bicyclic) bond motifs is 3. The molecular formula is C48H41F4N7O10. The van der Waals surface area contributed by atoms with E-state index in [2.05, 4.69) is 37.2 Å². The summed E-state index contributed by atoms with van der Waals surface area (Å²) in [6, 6.07) is 14.6. The number of carbonyl (C=O) groups is 3. The Bertz CT molecular complexity index is 3200. The molecule has 2 aromatic heterocycles. The van der Waals surface area contributed by atoms with Gasteiger partial charge in [-0.15, -0.1) is 13.2 Å². The van der Waals surface area contributed by atoms with E-state index in [0.717, 1.165) is 29.3 Å². The van der Waals surface area contributed by atoms with Gasteiger partial charge in [-0.05, 0) is 79.9 Å². The number of pyridine rings is 1. The second-order valence-corrected chi connectivity index (χ2v) is 16.6. The Hall–Kier alpha value is -7.80. The zero-order chi connectivity index (χ0) is 48.9. The largest absolute Gasteiger partial charge is 0.573 e. The Balaban J connectivity index is 0.812. The lowest BCUT2D eigenvalue weighted by molar-refractivity contribution is -0.274. The lowest BCUT2D eigenvalue weighted by atomic mass is 9.99. The van der Waals surface area contributed by atoms with Crippen LogP contribution < -0.4 is 35.0 Å². The number of alkyl halides is 3. The quantitative estimate of drug-likeness (QED) is 0.104. The molecule has 5 heterocycles. The van der Waals surface area contributed by atoms with Crippen molar-refractivity contribution >= 4 is 45.2 Å². The molecule has 0 saturated carbocycles. The third kappa shape index (κ3) is 9.41. The molecule has 3 aliphatic rings.